The Hall–Kier alpha value is -1.17. The predicted octanol–water partition coefficient (Wildman–Crippen LogP) is 1.30. The predicted molar refractivity (Wildman–Crippen MR) is 92.5 cm³/mol. The van der Waals surface area contributed by atoms with E-state index >= 15 is 0 Å². The summed E-state index contributed by atoms with van der Waals surface area (Å²) in [4.78, 5) is 0.0241. The molecule has 3 aromatic carbocycles. The molecule has 5 heteroatoms. The van der Waals surface area contributed by atoms with E-state index in [-0.39, 0.29) is 34.5 Å². The maximum Gasteiger partial charge on any atom is 1.00 e. The minimum Gasteiger partial charge on any atom is -0.282 e. The Bertz CT molecular complexity index is 989. The zero-order valence-electron chi connectivity index (χ0n) is 14.1. The van der Waals surface area contributed by atoms with Crippen LogP contribution in [0.2, 0.25) is 0 Å². The molecule has 0 aliphatic rings. The van der Waals surface area contributed by atoms with E-state index < -0.39 is 10.1 Å². The molecule has 0 fully saturated rings. The van der Waals surface area contributed by atoms with Crippen LogP contribution >= 0.6 is 0 Å². The molecule has 118 valence electrons. The first-order chi connectivity index (χ1) is 10.9. The van der Waals surface area contributed by atoms with Crippen LogP contribution in [0.4, 0.5) is 0 Å². The number of hydrogen-bond donors (Lipinski definition) is 1. The van der Waals surface area contributed by atoms with Gasteiger partial charge in [-0.25, -0.2) is 0 Å². The summed E-state index contributed by atoms with van der Waals surface area (Å²) in [6.45, 7) is 3.63. The average Bonchev–Trinajstić information content (AvgIpc) is 2.45. The second-order valence-corrected chi connectivity index (χ2v) is 7.22. The summed E-state index contributed by atoms with van der Waals surface area (Å²) in [5, 5.41) is 2.21. The molecule has 24 heavy (non-hydrogen) atoms. The van der Waals surface area contributed by atoms with E-state index in [9.17, 15) is 13.0 Å². The van der Waals surface area contributed by atoms with E-state index in [1.165, 1.54) is 0 Å². The monoisotopic (exact) mass is 349 g/mol. The smallest absolute Gasteiger partial charge is 0.282 e. The molecule has 0 unspecified atom stereocenters. The van der Waals surface area contributed by atoms with E-state index in [0.29, 0.717) is 17.5 Å². The molecule has 0 saturated heterocycles. The van der Waals surface area contributed by atoms with Crippen molar-refractivity contribution in [1.82, 2.24) is 0 Å². The van der Waals surface area contributed by atoms with E-state index in [4.69, 9.17) is 0 Å². The zero-order valence-corrected chi connectivity index (χ0v) is 16.9. The van der Waals surface area contributed by atoms with Gasteiger partial charge in [-0.15, -0.1) is 0 Å². The molecule has 0 amide bonds. The molecule has 0 radical (unpaired) electrons. The third-order valence-electron chi connectivity index (χ3n) is 4.01. The number of fused-ring (bicyclic) bond motifs is 1. The van der Waals surface area contributed by atoms with Gasteiger partial charge in [-0.3, -0.25) is 4.55 Å². The van der Waals surface area contributed by atoms with Crippen LogP contribution in [0.15, 0.2) is 59.5 Å². The van der Waals surface area contributed by atoms with Crippen LogP contribution in [-0.4, -0.2) is 13.0 Å². The molecule has 0 saturated carbocycles. The average molecular weight is 349 g/mol. The third-order valence-corrected chi connectivity index (χ3v) is 5.11. The van der Waals surface area contributed by atoms with Gasteiger partial charge in [0.15, 0.2) is 0 Å². The van der Waals surface area contributed by atoms with Crippen LogP contribution in [0.25, 0.3) is 10.8 Å². The standard InChI is InChI=1S/C19H18O3S.Na/c1-13-10-14(2)19(23(20,21)22)17(11-13)12-16-8-5-7-15-6-3-4-9-18(15)16;/h3-11H,12H2,1-2H3,(H,20,21,22);/q;+1. The first kappa shape index (κ1) is 19.2. The molecule has 0 spiro atoms. The molecule has 0 bridgehead atoms. The van der Waals surface area contributed by atoms with Crippen LogP contribution in [0.5, 0.6) is 0 Å². The first-order valence-electron chi connectivity index (χ1n) is 7.40. The van der Waals surface area contributed by atoms with Gasteiger partial charge in [0.05, 0.1) is 0 Å². The fourth-order valence-electron chi connectivity index (χ4n) is 3.19. The van der Waals surface area contributed by atoms with E-state index in [0.717, 1.165) is 21.9 Å². The Morgan fingerprint density at radius 1 is 0.917 bits per heavy atom. The second-order valence-electron chi connectivity index (χ2n) is 5.86. The zero-order chi connectivity index (χ0) is 16.6. The minimum atomic E-state index is -4.25. The quantitative estimate of drug-likeness (QED) is 0.573. The van der Waals surface area contributed by atoms with Crippen molar-refractivity contribution in [2.45, 2.75) is 25.2 Å². The van der Waals surface area contributed by atoms with Crippen molar-refractivity contribution >= 4 is 20.9 Å². The number of benzene rings is 3. The molecular formula is C19H18NaO3S+. The topological polar surface area (TPSA) is 54.4 Å². The van der Waals surface area contributed by atoms with Crippen LogP contribution in [0.3, 0.4) is 0 Å². The van der Waals surface area contributed by atoms with Gasteiger partial charge < -0.3 is 0 Å². The summed E-state index contributed by atoms with van der Waals surface area (Å²) >= 11 is 0. The van der Waals surface area contributed by atoms with Gasteiger partial charge in [-0.2, -0.15) is 8.42 Å². The fraction of sp³-hybridized carbons (Fsp3) is 0.158. The Balaban J connectivity index is 0.00000208. The third kappa shape index (κ3) is 3.90. The minimum absolute atomic E-state index is 0. The summed E-state index contributed by atoms with van der Waals surface area (Å²) in [7, 11) is -4.25. The van der Waals surface area contributed by atoms with E-state index in [1.807, 2.05) is 55.5 Å². The van der Waals surface area contributed by atoms with Crippen LogP contribution in [-0.2, 0) is 16.5 Å². The van der Waals surface area contributed by atoms with Crippen molar-refractivity contribution in [3.8, 4) is 0 Å². The number of rotatable bonds is 3. The maximum atomic E-state index is 11.8. The molecule has 3 nitrogen and oxygen atoms in total. The van der Waals surface area contributed by atoms with Crippen LogP contribution in [0.1, 0.15) is 22.3 Å². The second kappa shape index (κ2) is 7.38. The van der Waals surface area contributed by atoms with Crippen molar-refractivity contribution in [2.75, 3.05) is 0 Å². The normalized spacial score (nSPS) is 11.3. The van der Waals surface area contributed by atoms with Gasteiger partial charge in [-0.1, -0.05) is 60.2 Å². The molecule has 3 aromatic rings. The van der Waals surface area contributed by atoms with Gasteiger partial charge in [0.1, 0.15) is 4.90 Å². The number of hydrogen-bond acceptors (Lipinski definition) is 2. The van der Waals surface area contributed by atoms with Gasteiger partial charge in [0.25, 0.3) is 10.1 Å². The fourth-order valence-corrected chi connectivity index (χ4v) is 4.12. The van der Waals surface area contributed by atoms with Crippen LogP contribution < -0.4 is 29.6 Å². The van der Waals surface area contributed by atoms with Crippen molar-refractivity contribution in [2.24, 2.45) is 0 Å². The molecule has 0 aliphatic heterocycles. The first-order valence-corrected chi connectivity index (χ1v) is 8.84. The summed E-state index contributed by atoms with van der Waals surface area (Å²) in [6, 6.07) is 17.6. The summed E-state index contributed by atoms with van der Waals surface area (Å²) in [6.07, 6.45) is 0.457. The van der Waals surface area contributed by atoms with E-state index in [1.54, 1.807) is 13.0 Å². The summed E-state index contributed by atoms with van der Waals surface area (Å²) < 4.78 is 33.2. The van der Waals surface area contributed by atoms with Gasteiger partial charge in [0, 0.05) is 0 Å². The summed E-state index contributed by atoms with van der Waals surface area (Å²) in [5.41, 5.74) is 3.22. The molecule has 0 heterocycles. The summed E-state index contributed by atoms with van der Waals surface area (Å²) in [5.74, 6) is 0. The Morgan fingerprint density at radius 2 is 1.58 bits per heavy atom. The van der Waals surface area contributed by atoms with Gasteiger partial charge in [-0.05, 0) is 47.7 Å². The Kier molecular flexibility index (Phi) is 5.89. The molecule has 0 aliphatic carbocycles. The number of aryl methyl sites for hydroxylation is 2. The maximum absolute atomic E-state index is 11.8. The van der Waals surface area contributed by atoms with Crippen molar-refractivity contribution in [3.63, 3.8) is 0 Å². The van der Waals surface area contributed by atoms with Crippen molar-refractivity contribution < 1.29 is 42.5 Å². The van der Waals surface area contributed by atoms with Gasteiger partial charge in [0.2, 0.25) is 0 Å². The van der Waals surface area contributed by atoms with Crippen molar-refractivity contribution in [3.05, 3.63) is 76.9 Å². The van der Waals surface area contributed by atoms with E-state index in [2.05, 4.69) is 0 Å². The largest absolute Gasteiger partial charge is 1.00 e. The molecule has 1 N–H and O–H groups in total. The van der Waals surface area contributed by atoms with Crippen molar-refractivity contribution in [1.29, 1.82) is 0 Å². The SMILES string of the molecule is Cc1cc(C)c(S(=O)(=O)O)c(Cc2cccc3ccccc23)c1.[Na+]. The molecular weight excluding hydrogens is 331 g/mol. The molecule has 0 atom stereocenters. The van der Waals surface area contributed by atoms with Gasteiger partial charge >= 0.3 is 29.6 Å². The Labute approximate surface area is 164 Å². The van der Waals surface area contributed by atoms with Crippen LogP contribution in [0, 0.1) is 13.8 Å². The molecule has 3 rings (SSSR count). The Morgan fingerprint density at radius 3 is 2.29 bits per heavy atom. The molecule has 0 aromatic heterocycles.